The van der Waals surface area contributed by atoms with Crippen molar-refractivity contribution in [3.63, 3.8) is 0 Å². The highest BCUT2D eigenvalue weighted by Gasteiger charge is 2.56. The molecule has 2 saturated heterocycles. The van der Waals surface area contributed by atoms with Crippen molar-refractivity contribution in [2.45, 2.75) is 51.7 Å². The van der Waals surface area contributed by atoms with Crippen LogP contribution in [-0.2, 0) is 16.1 Å². The molecule has 1 aromatic heterocycles. The number of fused-ring (bicyclic) bond motifs is 3. The lowest BCUT2D eigenvalue weighted by Crippen LogP contribution is -2.51. The van der Waals surface area contributed by atoms with E-state index in [2.05, 4.69) is 10.2 Å². The Labute approximate surface area is 188 Å². The molecule has 0 bridgehead atoms. The molecule has 8 heteroatoms. The molecule has 2 amide bonds. The zero-order chi connectivity index (χ0) is 22.8. The van der Waals surface area contributed by atoms with Crippen molar-refractivity contribution < 1.29 is 14.7 Å². The first-order valence-corrected chi connectivity index (χ1v) is 11.7. The van der Waals surface area contributed by atoms with E-state index in [0.717, 1.165) is 25.3 Å². The summed E-state index contributed by atoms with van der Waals surface area (Å²) in [6.45, 7) is 6.94. The third-order valence-electron chi connectivity index (χ3n) is 7.26. The lowest BCUT2D eigenvalue weighted by molar-refractivity contribution is -0.140. The van der Waals surface area contributed by atoms with Gasteiger partial charge in [-0.2, -0.15) is 0 Å². The van der Waals surface area contributed by atoms with Gasteiger partial charge in [0.25, 0.3) is 5.56 Å². The molecule has 2 fully saturated rings. The first-order valence-electron chi connectivity index (χ1n) is 11.7. The predicted molar refractivity (Wildman–Crippen MR) is 122 cm³/mol. The first kappa shape index (κ1) is 22.7. The van der Waals surface area contributed by atoms with E-state index in [9.17, 15) is 19.5 Å². The summed E-state index contributed by atoms with van der Waals surface area (Å²) in [5.74, 6) is -1.02. The van der Waals surface area contributed by atoms with E-state index in [-0.39, 0.29) is 35.9 Å². The van der Waals surface area contributed by atoms with E-state index in [4.69, 9.17) is 0 Å². The number of aliphatic hydroxyl groups is 1. The van der Waals surface area contributed by atoms with Crippen molar-refractivity contribution in [3.8, 4) is 0 Å². The molecule has 174 valence electrons. The Morgan fingerprint density at radius 3 is 2.62 bits per heavy atom. The quantitative estimate of drug-likeness (QED) is 0.685. The van der Waals surface area contributed by atoms with Crippen LogP contribution in [0.4, 0.5) is 0 Å². The maximum absolute atomic E-state index is 13.2. The van der Waals surface area contributed by atoms with Crippen molar-refractivity contribution in [1.29, 1.82) is 0 Å². The number of nitrogens with one attached hydrogen (secondary N) is 1. The number of allylic oxidation sites excluding steroid dienone is 1. The number of carbonyl (C=O) groups excluding carboxylic acids is 2. The molecule has 3 aliphatic rings. The van der Waals surface area contributed by atoms with Crippen LogP contribution in [0.25, 0.3) is 6.08 Å². The minimum atomic E-state index is -0.729. The standard InChI is InChI=1S/C24H34N4O4/c1-3-7-17-8-9-20-21-18(14-27(20)24(17)32)19(15-29)22(28(21)16(2)30)23(31)25-10-13-26-11-5-4-6-12-26/h3,7-9,18-19,21-22,29H,4-6,10-15H2,1-2H3,(H,25,31)/b7-3+/t18-,19-,21+,22-/m1/s1. The number of hydrogen-bond donors (Lipinski definition) is 2. The van der Waals surface area contributed by atoms with Gasteiger partial charge in [-0.15, -0.1) is 0 Å². The fraction of sp³-hybridized carbons (Fsp3) is 0.625. The average Bonchev–Trinajstić information content (AvgIpc) is 3.31. The molecular formula is C24H34N4O4. The number of pyridine rings is 1. The first-order chi connectivity index (χ1) is 15.5. The molecule has 4 atom stereocenters. The van der Waals surface area contributed by atoms with E-state index in [1.165, 1.54) is 26.2 Å². The van der Waals surface area contributed by atoms with E-state index in [1.807, 2.05) is 19.1 Å². The van der Waals surface area contributed by atoms with Gasteiger partial charge in [0.2, 0.25) is 11.8 Å². The molecule has 1 aromatic rings. The van der Waals surface area contributed by atoms with Crippen molar-refractivity contribution in [1.82, 2.24) is 19.7 Å². The monoisotopic (exact) mass is 442 g/mol. The van der Waals surface area contributed by atoms with Crippen LogP contribution in [0.15, 0.2) is 23.0 Å². The highest BCUT2D eigenvalue weighted by molar-refractivity contribution is 5.88. The highest BCUT2D eigenvalue weighted by atomic mass is 16.3. The summed E-state index contributed by atoms with van der Waals surface area (Å²) in [7, 11) is 0. The molecule has 0 unspecified atom stereocenters. The molecule has 0 aromatic carbocycles. The van der Waals surface area contributed by atoms with Gasteiger partial charge >= 0.3 is 0 Å². The largest absolute Gasteiger partial charge is 0.396 e. The summed E-state index contributed by atoms with van der Waals surface area (Å²) < 4.78 is 1.70. The average molecular weight is 443 g/mol. The van der Waals surface area contributed by atoms with Gasteiger partial charge in [-0.3, -0.25) is 14.4 Å². The SMILES string of the molecule is C/C=C/c1ccc2n(c1=O)C[C@@H]1[C@@H](CO)[C@H](C(=O)NCCN3CCCCC3)N(C(C)=O)[C@H]21. The fourth-order valence-corrected chi connectivity index (χ4v) is 5.80. The Kier molecular flexibility index (Phi) is 6.81. The van der Waals surface area contributed by atoms with Gasteiger partial charge in [-0.05, 0) is 45.0 Å². The third-order valence-corrected chi connectivity index (χ3v) is 7.26. The maximum atomic E-state index is 13.2. The van der Waals surface area contributed by atoms with Crippen LogP contribution in [0.5, 0.6) is 0 Å². The van der Waals surface area contributed by atoms with Gasteiger partial charge in [-0.25, -0.2) is 0 Å². The number of aromatic nitrogens is 1. The van der Waals surface area contributed by atoms with Crippen LogP contribution in [0, 0.1) is 11.8 Å². The minimum Gasteiger partial charge on any atom is -0.396 e. The zero-order valence-electron chi connectivity index (χ0n) is 19.0. The van der Waals surface area contributed by atoms with Crippen LogP contribution in [0.3, 0.4) is 0 Å². The fourth-order valence-electron chi connectivity index (χ4n) is 5.80. The molecule has 3 aliphatic heterocycles. The normalized spacial score (nSPS) is 27.5. The number of amides is 2. The summed E-state index contributed by atoms with van der Waals surface area (Å²) in [6.07, 6.45) is 7.25. The molecule has 0 radical (unpaired) electrons. The number of likely N-dealkylation sites (tertiary alicyclic amines) is 2. The second kappa shape index (κ2) is 9.58. The number of aliphatic hydroxyl groups excluding tert-OH is 1. The Morgan fingerprint density at radius 1 is 1.22 bits per heavy atom. The molecule has 0 aliphatic carbocycles. The third kappa shape index (κ3) is 4.01. The van der Waals surface area contributed by atoms with E-state index >= 15 is 0 Å². The molecule has 32 heavy (non-hydrogen) atoms. The Balaban J connectivity index is 1.56. The molecular weight excluding hydrogens is 408 g/mol. The smallest absolute Gasteiger partial charge is 0.258 e. The number of carbonyl (C=O) groups is 2. The topological polar surface area (TPSA) is 94.9 Å². The second-order valence-electron chi connectivity index (χ2n) is 9.15. The van der Waals surface area contributed by atoms with Gasteiger partial charge in [-0.1, -0.05) is 18.6 Å². The van der Waals surface area contributed by atoms with Crippen LogP contribution < -0.4 is 10.9 Å². The van der Waals surface area contributed by atoms with Crippen LogP contribution >= 0.6 is 0 Å². The van der Waals surface area contributed by atoms with Gasteiger partial charge in [0.05, 0.1) is 6.04 Å². The molecule has 0 spiro atoms. The molecule has 2 N–H and O–H groups in total. The summed E-state index contributed by atoms with van der Waals surface area (Å²) in [4.78, 5) is 42.8. The highest BCUT2D eigenvalue weighted by Crippen LogP contribution is 2.49. The van der Waals surface area contributed by atoms with Crippen molar-refractivity contribution >= 4 is 17.9 Å². The van der Waals surface area contributed by atoms with Crippen molar-refractivity contribution in [2.24, 2.45) is 11.8 Å². The maximum Gasteiger partial charge on any atom is 0.258 e. The Morgan fingerprint density at radius 2 is 1.97 bits per heavy atom. The van der Waals surface area contributed by atoms with E-state index in [0.29, 0.717) is 18.7 Å². The van der Waals surface area contributed by atoms with E-state index < -0.39 is 12.0 Å². The molecule has 4 rings (SSSR count). The van der Waals surface area contributed by atoms with Gasteiger partial charge in [0.15, 0.2) is 0 Å². The van der Waals surface area contributed by atoms with Gasteiger partial charge in [0, 0.05) is 56.3 Å². The van der Waals surface area contributed by atoms with Crippen LogP contribution in [0.2, 0.25) is 0 Å². The summed E-state index contributed by atoms with van der Waals surface area (Å²) in [6, 6.07) is 2.54. The summed E-state index contributed by atoms with van der Waals surface area (Å²) in [5, 5.41) is 13.2. The van der Waals surface area contributed by atoms with E-state index in [1.54, 1.807) is 21.6 Å². The number of nitrogens with zero attached hydrogens (tertiary/aromatic N) is 3. The number of piperidine rings is 1. The predicted octanol–water partition coefficient (Wildman–Crippen LogP) is 0.994. The van der Waals surface area contributed by atoms with Crippen molar-refractivity contribution in [2.75, 3.05) is 32.8 Å². The zero-order valence-corrected chi connectivity index (χ0v) is 19.0. The lowest BCUT2D eigenvalue weighted by Gasteiger charge is -2.31. The summed E-state index contributed by atoms with van der Waals surface area (Å²) >= 11 is 0. The van der Waals surface area contributed by atoms with Crippen LogP contribution in [-0.4, -0.2) is 70.1 Å². The second-order valence-corrected chi connectivity index (χ2v) is 9.15. The minimum absolute atomic E-state index is 0.0993. The number of rotatable bonds is 6. The Hall–Kier alpha value is -2.45. The van der Waals surface area contributed by atoms with Gasteiger partial charge < -0.3 is 24.8 Å². The Bertz CT molecular complexity index is 950. The van der Waals surface area contributed by atoms with Crippen LogP contribution in [0.1, 0.15) is 50.4 Å². The van der Waals surface area contributed by atoms with Gasteiger partial charge in [0.1, 0.15) is 6.04 Å². The molecule has 0 saturated carbocycles. The summed E-state index contributed by atoms with van der Waals surface area (Å²) in [5.41, 5.74) is 1.24. The van der Waals surface area contributed by atoms with Crippen molar-refractivity contribution in [3.05, 3.63) is 39.8 Å². The number of hydrogen-bond acceptors (Lipinski definition) is 5. The molecule has 8 nitrogen and oxygen atoms in total. The lowest BCUT2D eigenvalue weighted by atomic mass is 9.88. The molecule has 4 heterocycles.